The van der Waals surface area contributed by atoms with E-state index in [9.17, 15) is 18.4 Å². The molecule has 0 radical (unpaired) electrons. The average Bonchev–Trinajstić information content (AvgIpc) is 3.40. The van der Waals surface area contributed by atoms with Crippen LogP contribution in [-0.4, -0.2) is 45.3 Å². The maximum Gasteiger partial charge on any atom is 0.349 e. The Hall–Kier alpha value is -2.23. The van der Waals surface area contributed by atoms with Gasteiger partial charge >= 0.3 is 11.7 Å². The molecule has 4 rings (SSSR count). The Labute approximate surface area is 148 Å². The van der Waals surface area contributed by atoms with Gasteiger partial charge in [-0.2, -0.15) is 4.98 Å². The lowest BCUT2D eigenvalue weighted by Crippen LogP contribution is -2.40. The second-order valence-corrected chi connectivity index (χ2v) is 7.36. The van der Waals surface area contributed by atoms with E-state index in [4.69, 9.17) is 10.5 Å². The van der Waals surface area contributed by atoms with Gasteiger partial charge in [-0.1, -0.05) is 6.92 Å². The van der Waals surface area contributed by atoms with Crippen LogP contribution in [0.3, 0.4) is 0 Å². The number of carbonyl (C=O) groups excluding carboxylic acids is 1. The highest BCUT2D eigenvalue weighted by Crippen LogP contribution is 2.71. The minimum atomic E-state index is -3.09. The second-order valence-electron chi connectivity index (χ2n) is 7.36. The summed E-state index contributed by atoms with van der Waals surface area (Å²) >= 11 is 0. The molecule has 2 heterocycles. The molecule has 2 spiro atoms. The molecule has 26 heavy (non-hydrogen) atoms. The van der Waals surface area contributed by atoms with Crippen LogP contribution in [0.15, 0.2) is 17.1 Å². The fraction of sp³-hybridized carbons (Fsp3) is 0.688. The van der Waals surface area contributed by atoms with Crippen molar-refractivity contribution < 1.29 is 18.3 Å². The number of halogens is 2. The van der Waals surface area contributed by atoms with Crippen molar-refractivity contribution in [3.63, 3.8) is 0 Å². The molecule has 3 aliphatic rings. The number of ether oxygens (including phenoxy) is 1. The lowest BCUT2D eigenvalue weighted by atomic mass is 10.1. The van der Waals surface area contributed by atoms with E-state index in [1.54, 1.807) is 0 Å². The highest BCUT2D eigenvalue weighted by Gasteiger charge is 2.83. The summed E-state index contributed by atoms with van der Waals surface area (Å²) in [5.41, 5.74) is 2.00. The highest BCUT2D eigenvalue weighted by molar-refractivity contribution is 5.75. The van der Waals surface area contributed by atoms with Crippen LogP contribution in [0.2, 0.25) is 0 Å². The molecule has 1 aliphatic heterocycles. The van der Waals surface area contributed by atoms with Gasteiger partial charge in [-0.3, -0.25) is 4.57 Å². The first-order chi connectivity index (χ1) is 12.2. The summed E-state index contributed by atoms with van der Waals surface area (Å²) in [6.45, 7) is 2.44. The maximum atomic E-state index is 14.8. The van der Waals surface area contributed by atoms with Crippen molar-refractivity contribution >= 4 is 11.8 Å². The number of carbonyl (C=O) groups is 1. The quantitative estimate of drug-likeness (QED) is 0.726. The lowest BCUT2D eigenvalue weighted by Gasteiger charge is -2.19. The van der Waals surface area contributed by atoms with Gasteiger partial charge in [-0.05, 0) is 12.5 Å². The van der Waals surface area contributed by atoms with Crippen molar-refractivity contribution in [3.05, 3.63) is 22.7 Å². The number of nitrogens with one attached hydrogen (secondary N) is 2. The van der Waals surface area contributed by atoms with Gasteiger partial charge in [0.15, 0.2) is 5.60 Å². The van der Waals surface area contributed by atoms with E-state index in [0.29, 0.717) is 13.0 Å². The summed E-state index contributed by atoms with van der Waals surface area (Å²) in [6, 6.07) is -0.219. The van der Waals surface area contributed by atoms with E-state index >= 15 is 0 Å². The largest absolute Gasteiger partial charge is 0.383 e. The fourth-order valence-corrected chi connectivity index (χ4v) is 3.94. The Morgan fingerprint density at radius 3 is 2.96 bits per heavy atom. The molecular formula is C16H21F2N5O3. The van der Waals surface area contributed by atoms with Crippen LogP contribution in [-0.2, 0) is 4.74 Å². The summed E-state index contributed by atoms with van der Waals surface area (Å²) in [6.07, 6.45) is 2.06. The predicted molar refractivity (Wildman–Crippen MR) is 87.9 cm³/mol. The van der Waals surface area contributed by atoms with Crippen molar-refractivity contribution in [2.75, 3.05) is 12.3 Å². The normalized spacial score (nSPS) is 36.3. The third kappa shape index (κ3) is 2.46. The minimum Gasteiger partial charge on any atom is -0.383 e. The average molecular weight is 369 g/mol. The van der Waals surface area contributed by atoms with Gasteiger partial charge in [0.2, 0.25) is 0 Å². The summed E-state index contributed by atoms with van der Waals surface area (Å²) in [5, 5.41) is 5.35. The van der Waals surface area contributed by atoms with Crippen molar-refractivity contribution in [3.8, 4) is 0 Å². The van der Waals surface area contributed by atoms with Gasteiger partial charge in [-0.25, -0.2) is 18.4 Å². The molecule has 1 saturated heterocycles. The molecule has 142 valence electrons. The number of amides is 2. The zero-order valence-corrected chi connectivity index (χ0v) is 14.3. The van der Waals surface area contributed by atoms with Gasteiger partial charge in [0, 0.05) is 32.0 Å². The van der Waals surface area contributed by atoms with E-state index in [1.807, 2.05) is 6.92 Å². The zero-order valence-electron chi connectivity index (χ0n) is 14.3. The Bertz CT molecular complexity index is 815. The first-order valence-corrected chi connectivity index (χ1v) is 8.70. The molecule has 2 saturated carbocycles. The van der Waals surface area contributed by atoms with Crippen LogP contribution in [0.4, 0.5) is 19.4 Å². The minimum absolute atomic E-state index is 0.0298. The molecule has 3 fully saturated rings. The molecule has 4 N–H and O–H groups in total. The monoisotopic (exact) mass is 369 g/mol. The van der Waals surface area contributed by atoms with Crippen LogP contribution >= 0.6 is 0 Å². The Morgan fingerprint density at radius 2 is 2.27 bits per heavy atom. The van der Waals surface area contributed by atoms with E-state index in [0.717, 1.165) is 11.0 Å². The van der Waals surface area contributed by atoms with Crippen molar-refractivity contribution in [1.29, 1.82) is 0 Å². The number of rotatable bonds is 4. The van der Waals surface area contributed by atoms with Gasteiger partial charge in [0.05, 0.1) is 17.7 Å². The number of aromatic nitrogens is 2. The number of urea groups is 1. The molecule has 1 aromatic heterocycles. The standard InChI is InChI=1S/C16H21F2N5O3/c1-2-4-20-12(24)21-9-6-14(9)8-16(17,18)15(26-14)7-10(15)23-5-3-11(19)22-13(23)25/h3,5,9-10H,2,4,6-8H2,1H3,(H2,19,22,25)(H2,20,21,24)/t9?,10?,14-,15-/m1/s1. The highest BCUT2D eigenvalue weighted by atomic mass is 19.3. The lowest BCUT2D eigenvalue weighted by molar-refractivity contribution is -0.104. The third-order valence-corrected chi connectivity index (χ3v) is 5.45. The van der Waals surface area contributed by atoms with E-state index < -0.39 is 41.3 Å². The topological polar surface area (TPSA) is 111 Å². The number of alkyl halides is 2. The summed E-state index contributed by atoms with van der Waals surface area (Å²) < 4.78 is 36.5. The van der Waals surface area contributed by atoms with Gasteiger partial charge < -0.3 is 21.1 Å². The van der Waals surface area contributed by atoms with Crippen LogP contribution < -0.4 is 22.1 Å². The molecule has 2 amide bonds. The number of hydrogen-bond acceptors (Lipinski definition) is 5. The predicted octanol–water partition coefficient (Wildman–Crippen LogP) is 0.785. The Balaban J connectivity index is 1.49. The first-order valence-electron chi connectivity index (χ1n) is 8.70. The molecule has 0 aromatic carbocycles. The smallest absolute Gasteiger partial charge is 0.349 e. The van der Waals surface area contributed by atoms with Crippen molar-refractivity contribution in [2.24, 2.45) is 0 Å². The summed E-state index contributed by atoms with van der Waals surface area (Å²) in [4.78, 5) is 27.3. The zero-order chi connectivity index (χ0) is 18.7. The molecule has 2 unspecified atom stereocenters. The molecule has 4 atom stereocenters. The van der Waals surface area contributed by atoms with E-state index in [2.05, 4.69) is 15.6 Å². The van der Waals surface area contributed by atoms with Gasteiger partial charge in [-0.15, -0.1) is 0 Å². The SMILES string of the molecule is CCCNC(=O)NC1C[C@@]12CC(F)(F)[C@]1(CC1n1ccc(N)nc1=O)O2. The second kappa shape index (κ2) is 5.38. The van der Waals surface area contributed by atoms with Crippen LogP contribution in [0.25, 0.3) is 0 Å². The number of anilines is 1. The third-order valence-electron chi connectivity index (χ3n) is 5.45. The molecule has 2 aliphatic carbocycles. The van der Waals surface area contributed by atoms with Crippen LogP contribution in [0.5, 0.6) is 0 Å². The number of nitrogens with zero attached hydrogens (tertiary/aromatic N) is 2. The molecular weight excluding hydrogens is 348 g/mol. The number of nitrogen functional groups attached to an aromatic ring is 1. The summed E-state index contributed by atoms with van der Waals surface area (Å²) in [5.74, 6) is -3.05. The van der Waals surface area contributed by atoms with Crippen molar-refractivity contribution in [2.45, 2.75) is 61.8 Å². The first kappa shape index (κ1) is 17.2. The Kier molecular flexibility index (Phi) is 3.56. The van der Waals surface area contributed by atoms with Gasteiger partial charge in [0.25, 0.3) is 5.92 Å². The molecule has 10 heteroatoms. The molecule has 0 bridgehead atoms. The van der Waals surface area contributed by atoms with E-state index in [1.165, 1.54) is 12.3 Å². The van der Waals surface area contributed by atoms with Gasteiger partial charge in [0.1, 0.15) is 5.82 Å². The van der Waals surface area contributed by atoms with Crippen molar-refractivity contribution in [1.82, 2.24) is 20.2 Å². The number of nitrogens with two attached hydrogens (primary N) is 1. The van der Waals surface area contributed by atoms with E-state index in [-0.39, 0.29) is 18.3 Å². The Morgan fingerprint density at radius 1 is 1.50 bits per heavy atom. The summed E-state index contributed by atoms with van der Waals surface area (Å²) in [7, 11) is 0. The van der Waals surface area contributed by atoms with Crippen LogP contribution in [0.1, 0.15) is 38.6 Å². The molecule has 8 nitrogen and oxygen atoms in total. The fourth-order valence-electron chi connectivity index (χ4n) is 3.94. The molecule has 1 aromatic rings. The number of hydrogen-bond donors (Lipinski definition) is 3. The van der Waals surface area contributed by atoms with Crippen LogP contribution in [0, 0.1) is 0 Å². The maximum absolute atomic E-state index is 14.8.